The zero-order chi connectivity index (χ0) is 12.3. The number of esters is 1. The van der Waals surface area contributed by atoms with Gasteiger partial charge >= 0.3 is 12.1 Å². The minimum atomic E-state index is -4.54. The van der Waals surface area contributed by atoms with Crippen molar-refractivity contribution < 1.29 is 27.5 Å². The molecule has 3 nitrogen and oxygen atoms in total. The van der Waals surface area contributed by atoms with Crippen LogP contribution in [0.1, 0.15) is 26.2 Å². The van der Waals surface area contributed by atoms with E-state index in [1.54, 1.807) is 0 Å². The van der Waals surface area contributed by atoms with Crippen molar-refractivity contribution >= 4 is 11.8 Å². The van der Waals surface area contributed by atoms with Gasteiger partial charge in [0.2, 0.25) is 0 Å². The number of halogens is 3. The van der Waals surface area contributed by atoms with E-state index < -0.39 is 18.8 Å². The number of ether oxygens (including phenoxy) is 1. The van der Waals surface area contributed by atoms with Crippen molar-refractivity contribution in [2.24, 2.45) is 0 Å². The van der Waals surface area contributed by atoms with Gasteiger partial charge in [0.25, 0.3) is 0 Å². The topological polar surface area (TPSA) is 43.4 Å². The average Bonchev–Trinajstić information content (AvgIpc) is 2.17. The van der Waals surface area contributed by atoms with E-state index >= 15 is 0 Å². The van der Waals surface area contributed by atoms with Crippen LogP contribution in [0.25, 0.3) is 0 Å². The summed E-state index contributed by atoms with van der Waals surface area (Å²) in [6.07, 6.45) is -3.43. The quantitative estimate of drug-likeness (QED) is 0.690. The number of carbonyl (C=O) groups is 2. The molecule has 0 bridgehead atoms. The van der Waals surface area contributed by atoms with Crippen molar-refractivity contribution in [3.8, 4) is 0 Å². The van der Waals surface area contributed by atoms with Gasteiger partial charge in [0.05, 0.1) is 0 Å². The molecule has 0 heterocycles. The Morgan fingerprint density at radius 1 is 1.38 bits per heavy atom. The summed E-state index contributed by atoms with van der Waals surface area (Å²) < 4.78 is 39.5. The lowest BCUT2D eigenvalue weighted by molar-refractivity contribution is -0.183. The van der Waals surface area contributed by atoms with Crippen LogP contribution in [0.5, 0.6) is 0 Å². The lowest BCUT2D eigenvalue weighted by Gasteiger charge is -2.16. The highest BCUT2D eigenvalue weighted by Gasteiger charge is 2.31. The van der Waals surface area contributed by atoms with E-state index in [4.69, 9.17) is 0 Å². The summed E-state index contributed by atoms with van der Waals surface area (Å²) in [4.78, 5) is 22.5. The lowest BCUT2D eigenvalue weighted by atomic mass is 9.92. The number of alkyl halides is 3. The highest BCUT2D eigenvalue weighted by atomic mass is 19.4. The SMILES string of the molecule is CC1=C(C(=O)OCC(F)(F)F)CCCC1=O. The van der Waals surface area contributed by atoms with Gasteiger partial charge in [0.15, 0.2) is 12.4 Å². The minimum Gasteiger partial charge on any atom is -0.453 e. The molecule has 0 saturated carbocycles. The van der Waals surface area contributed by atoms with Crippen molar-refractivity contribution in [2.75, 3.05) is 6.61 Å². The number of hydrogen-bond acceptors (Lipinski definition) is 3. The van der Waals surface area contributed by atoms with Gasteiger partial charge in [-0.2, -0.15) is 13.2 Å². The van der Waals surface area contributed by atoms with E-state index in [1.165, 1.54) is 6.92 Å². The van der Waals surface area contributed by atoms with Crippen molar-refractivity contribution in [3.05, 3.63) is 11.1 Å². The molecule has 0 aromatic rings. The zero-order valence-electron chi connectivity index (χ0n) is 8.69. The van der Waals surface area contributed by atoms with Crippen LogP contribution < -0.4 is 0 Å². The fourth-order valence-corrected chi connectivity index (χ4v) is 1.46. The molecule has 1 aliphatic carbocycles. The minimum absolute atomic E-state index is 0.0699. The van der Waals surface area contributed by atoms with E-state index in [-0.39, 0.29) is 16.9 Å². The fraction of sp³-hybridized carbons (Fsp3) is 0.600. The molecule has 0 spiro atoms. The molecule has 90 valence electrons. The summed E-state index contributed by atoms with van der Waals surface area (Å²) in [5, 5.41) is 0. The van der Waals surface area contributed by atoms with Crippen LogP contribution in [0.15, 0.2) is 11.1 Å². The Balaban J connectivity index is 2.67. The van der Waals surface area contributed by atoms with Crippen LogP contribution in [0.4, 0.5) is 13.2 Å². The van der Waals surface area contributed by atoms with Crippen molar-refractivity contribution in [2.45, 2.75) is 32.4 Å². The highest BCUT2D eigenvalue weighted by Crippen LogP contribution is 2.23. The second kappa shape index (κ2) is 4.67. The Morgan fingerprint density at radius 3 is 2.56 bits per heavy atom. The Labute approximate surface area is 90.3 Å². The van der Waals surface area contributed by atoms with Gasteiger partial charge in [0.1, 0.15) is 0 Å². The summed E-state index contributed by atoms with van der Waals surface area (Å²) in [5.41, 5.74) is 0.291. The third kappa shape index (κ3) is 3.36. The molecule has 16 heavy (non-hydrogen) atoms. The average molecular weight is 236 g/mol. The number of carbonyl (C=O) groups excluding carboxylic acids is 2. The predicted molar refractivity (Wildman–Crippen MR) is 48.6 cm³/mol. The normalized spacial score (nSPS) is 17.6. The molecule has 0 radical (unpaired) electrons. The van der Waals surface area contributed by atoms with Crippen molar-refractivity contribution in [1.29, 1.82) is 0 Å². The van der Waals surface area contributed by atoms with Gasteiger partial charge in [-0.25, -0.2) is 4.79 Å². The standard InChI is InChI=1S/C10H11F3O3/c1-6-7(3-2-4-8(6)14)9(15)16-5-10(11,12)13/h2-5H2,1H3. The Morgan fingerprint density at radius 2 is 2.00 bits per heavy atom. The smallest absolute Gasteiger partial charge is 0.422 e. The summed E-state index contributed by atoms with van der Waals surface area (Å²) in [6, 6.07) is 0. The van der Waals surface area contributed by atoms with Gasteiger partial charge in [-0.3, -0.25) is 4.79 Å². The third-order valence-electron chi connectivity index (χ3n) is 2.31. The van der Waals surface area contributed by atoms with Gasteiger partial charge in [0, 0.05) is 17.6 Å². The maximum Gasteiger partial charge on any atom is 0.422 e. The Kier molecular flexibility index (Phi) is 3.72. The van der Waals surface area contributed by atoms with Gasteiger partial charge in [-0.15, -0.1) is 0 Å². The van der Waals surface area contributed by atoms with Gasteiger partial charge in [-0.05, 0) is 19.8 Å². The van der Waals surface area contributed by atoms with E-state index in [2.05, 4.69) is 4.74 Å². The maximum atomic E-state index is 11.8. The van der Waals surface area contributed by atoms with Crippen molar-refractivity contribution in [3.63, 3.8) is 0 Å². The molecule has 6 heteroatoms. The van der Waals surface area contributed by atoms with E-state index in [0.717, 1.165) is 0 Å². The molecular weight excluding hydrogens is 225 g/mol. The number of hydrogen-bond donors (Lipinski definition) is 0. The third-order valence-corrected chi connectivity index (χ3v) is 2.31. The Bertz CT molecular complexity index is 342. The molecular formula is C10H11F3O3. The van der Waals surface area contributed by atoms with E-state index in [0.29, 0.717) is 19.3 Å². The first kappa shape index (κ1) is 12.7. The first-order valence-electron chi connectivity index (χ1n) is 4.78. The van der Waals surface area contributed by atoms with Crippen LogP contribution in [0.3, 0.4) is 0 Å². The van der Waals surface area contributed by atoms with Crippen LogP contribution >= 0.6 is 0 Å². The summed E-state index contributed by atoms with van der Waals surface area (Å²) in [6.45, 7) is -0.178. The Hall–Kier alpha value is -1.33. The van der Waals surface area contributed by atoms with Crippen LogP contribution in [0, 0.1) is 0 Å². The second-order valence-corrected chi connectivity index (χ2v) is 3.57. The van der Waals surface area contributed by atoms with Gasteiger partial charge in [-0.1, -0.05) is 0 Å². The summed E-state index contributed by atoms with van der Waals surface area (Å²) >= 11 is 0. The van der Waals surface area contributed by atoms with Crippen molar-refractivity contribution in [1.82, 2.24) is 0 Å². The van der Waals surface area contributed by atoms with E-state index in [9.17, 15) is 22.8 Å². The summed E-state index contributed by atoms with van der Waals surface area (Å²) in [7, 11) is 0. The molecule has 0 aromatic heterocycles. The number of allylic oxidation sites excluding steroid dienone is 1. The molecule has 0 amide bonds. The molecule has 0 saturated heterocycles. The highest BCUT2D eigenvalue weighted by molar-refractivity contribution is 6.04. The molecule has 0 N–H and O–H groups in total. The second-order valence-electron chi connectivity index (χ2n) is 3.57. The first-order valence-corrected chi connectivity index (χ1v) is 4.78. The molecule has 0 unspecified atom stereocenters. The van der Waals surface area contributed by atoms with E-state index in [1.807, 2.05) is 0 Å². The lowest BCUT2D eigenvalue weighted by Crippen LogP contribution is -2.23. The maximum absolute atomic E-state index is 11.8. The number of Topliss-reactive ketones (excluding diaryl/α,β-unsaturated/α-hetero) is 1. The van der Waals surface area contributed by atoms with Crippen LogP contribution in [-0.4, -0.2) is 24.5 Å². The number of ketones is 1. The molecule has 1 aliphatic rings. The molecule has 0 atom stereocenters. The zero-order valence-corrected chi connectivity index (χ0v) is 8.69. The molecule has 0 aromatic carbocycles. The predicted octanol–water partition coefficient (Wildman–Crippen LogP) is 2.16. The fourth-order valence-electron chi connectivity index (χ4n) is 1.46. The van der Waals surface area contributed by atoms with Crippen LogP contribution in [-0.2, 0) is 14.3 Å². The monoisotopic (exact) mass is 236 g/mol. The van der Waals surface area contributed by atoms with Crippen LogP contribution in [0.2, 0.25) is 0 Å². The molecule has 0 aliphatic heterocycles. The molecule has 1 rings (SSSR count). The summed E-state index contributed by atoms with van der Waals surface area (Å²) in [5.74, 6) is -1.24. The number of rotatable bonds is 2. The largest absolute Gasteiger partial charge is 0.453 e. The van der Waals surface area contributed by atoms with Gasteiger partial charge < -0.3 is 4.74 Å². The molecule has 0 fully saturated rings. The first-order chi connectivity index (χ1) is 7.31.